The summed E-state index contributed by atoms with van der Waals surface area (Å²) in [6.07, 6.45) is 3.88. The number of nitrogens with zero attached hydrogens (tertiary/aromatic N) is 4. The molecule has 1 saturated heterocycles. The lowest BCUT2D eigenvalue weighted by atomic mass is 10.2. The zero-order valence-electron chi connectivity index (χ0n) is 17.1. The third kappa shape index (κ3) is 4.65. The Morgan fingerprint density at radius 3 is 2.43 bits per heavy atom. The highest BCUT2D eigenvalue weighted by molar-refractivity contribution is 6.04. The number of benzene rings is 1. The van der Waals surface area contributed by atoms with Gasteiger partial charge in [-0.3, -0.25) is 4.79 Å². The van der Waals surface area contributed by atoms with Crippen LogP contribution in [0.25, 0.3) is 0 Å². The maximum absolute atomic E-state index is 12.4. The predicted molar refractivity (Wildman–Crippen MR) is 117 cm³/mol. The molecule has 3 heterocycles. The first-order valence-electron chi connectivity index (χ1n) is 9.90. The van der Waals surface area contributed by atoms with Crippen molar-refractivity contribution in [3.63, 3.8) is 0 Å². The second-order valence-corrected chi connectivity index (χ2v) is 7.13. The summed E-state index contributed by atoms with van der Waals surface area (Å²) >= 11 is 0. The van der Waals surface area contributed by atoms with E-state index >= 15 is 0 Å². The highest BCUT2D eigenvalue weighted by Crippen LogP contribution is 2.22. The molecule has 0 radical (unpaired) electrons. The van der Waals surface area contributed by atoms with Crippen LogP contribution in [0.1, 0.15) is 28.9 Å². The van der Waals surface area contributed by atoms with E-state index in [9.17, 15) is 4.79 Å². The molecule has 4 rings (SSSR count). The van der Waals surface area contributed by atoms with Crippen LogP contribution < -0.4 is 20.3 Å². The first-order chi connectivity index (χ1) is 14.6. The molecule has 1 aliphatic heterocycles. The standard InChI is InChI=1S/C22H24N6O2/c1-15-13-19(28-11-3-4-12-28)27-22(24-15)26-18-8-6-17(7-9-18)25-21(29)16-5-10-20(30-2)23-14-16/h5-10,13-14H,3-4,11-12H2,1-2H3,(H,25,29)(H,24,26,27). The van der Waals surface area contributed by atoms with E-state index in [1.165, 1.54) is 26.1 Å². The average Bonchev–Trinajstić information content (AvgIpc) is 3.30. The minimum absolute atomic E-state index is 0.233. The van der Waals surface area contributed by atoms with Crippen LogP contribution >= 0.6 is 0 Å². The Kier molecular flexibility index (Phi) is 5.74. The molecule has 8 heteroatoms. The number of anilines is 4. The van der Waals surface area contributed by atoms with E-state index in [4.69, 9.17) is 4.74 Å². The minimum atomic E-state index is -0.233. The van der Waals surface area contributed by atoms with Crippen LogP contribution in [-0.4, -0.2) is 41.1 Å². The van der Waals surface area contributed by atoms with Crippen molar-refractivity contribution in [2.75, 3.05) is 35.7 Å². The average molecular weight is 404 g/mol. The fourth-order valence-electron chi connectivity index (χ4n) is 3.32. The first kappa shape index (κ1) is 19.6. The Hall–Kier alpha value is -3.68. The topological polar surface area (TPSA) is 92.3 Å². The third-order valence-corrected chi connectivity index (χ3v) is 4.88. The molecule has 3 aromatic rings. The summed E-state index contributed by atoms with van der Waals surface area (Å²) in [4.78, 5) is 27.8. The van der Waals surface area contributed by atoms with Gasteiger partial charge in [0.2, 0.25) is 11.8 Å². The molecule has 0 unspecified atom stereocenters. The van der Waals surface area contributed by atoms with Gasteiger partial charge in [0.25, 0.3) is 5.91 Å². The molecule has 0 atom stereocenters. The van der Waals surface area contributed by atoms with Crippen LogP contribution in [0.15, 0.2) is 48.7 Å². The first-order valence-corrected chi connectivity index (χ1v) is 9.90. The Morgan fingerprint density at radius 1 is 1.03 bits per heavy atom. The number of carbonyl (C=O) groups excluding carboxylic acids is 1. The van der Waals surface area contributed by atoms with Gasteiger partial charge in [-0.25, -0.2) is 9.97 Å². The number of hydrogen-bond donors (Lipinski definition) is 2. The molecule has 1 fully saturated rings. The zero-order valence-corrected chi connectivity index (χ0v) is 17.1. The van der Waals surface area contributed by atoms with E-state index in [1.807, 2.05) is 37.3 Å². The van der Waals surface area contributed by atoms with Crippen LogP contribution in [0.5, 0.6) is 5.88 Å². The predicted octanol–water partition coefficient (Wildman–Crippen LogP) is 3.78. The fourth-order valence-corrected chi connectivity index (χ4v) is 3.32. The zero-order chi connectivity index (χ0) is 20.9. The van der Waals surface area contributed by atoms with Gasteiger partial charge in [0.1, 0.15) is 5.82 Å². The van der Waals surface area contributed by atoms with E-state index in [0.29, 0.717) is 23.1 Å². The monoisotopic (exact) mass is 404 g/mol. The molecule has 1 aromatic carbocycles. The molecular weight excluding hydrogens is 380 g/mol. The molecule has 0 spiro atoms. The normalized spacial score (nSPS) is 13.2. The number of ether oxygens (including phenoxy) is 1. The van der Waals surface area contributed by atoms with Gasteiger partial charge in [0.15, 0.2) is 0 Å². The van der Waals surface area contributed by atoms with E-state index in [1.54, 1.807) is 12.1 Å². The van der Waals surface area contributed by atoms with E-state index < -0.39 is 0 Å². The summed E-state index contributed by atoms with van der Waals surface area (Å²) in [6.45, 7) is 4.04. The van der Waals surface area contributed by atoms with E-state index in [2.05, 4.69) is 30.5 Å². The van der Waals surface area contributed by atoms with Crippen molar-refractivity contribution in [3.8, 4) is 5.88 Å². The number of methoxy groups -OCH3 is 1. The lowest BCUT2D eigenvalue weighted by Crippen LogP contribution is -2.19. The van der Waals surface area contributed by atoms with Crippen LogP contribution in [0.3, 0.4) is 0 Å². The number of pyridine rings is 1. The van der Waals surface area contributed by atoms with Crippen molar-refractivity contribution in [2.24, 2.45) is 0 Å². The molecule has 0 aliphatic carbocycles. The molecule has 1 aliphatic rings. The van der Waals surface area contributed by atoms with Gasteiger partial charge >= 0.3 is 0 Å². The summed E-state index contributed by atoms with van der Waals surface area (Å²) < 4.78 is 5.01. The Bertz CT molecular complexity index is 1010. The number of aryl methyl sites for hydroxylation is 1. The smallest absolute Gasteiger partial charge is 0.257 e. The summed E-state index contributed by atoms with van der Waals surface area (Å²) in [6, 6.07) is 12.8. The van der Waals surface area contributed by atoms with Crippen LogP contribution in [-0.2, 0) is 0 Å². The van der Waals surface area contributed by atoms with Gasteiger partial charge < -0.3 is 20.3 Å². The maximum Gasteiger partial charge on any atom is 0.257 e. The molecule has 8 nitrogen and oxygen atoms in total. The maximum atomic E-state index is 12.4. The number of nitrogens with one attached hydrogen (secondary N) is 2. The molecule has 154 valence electrons. The largest absolute Gasteiger partial charge is 0.481 e. The van der Waals surface area contributed by atoms with Crippen molar-refractivity contribution >= 4 is 29.0 Å². The molecule has 2 N–H and O–H groups in total. The second kappa shape index (κ2) is 8.77. The molecule has 0 saturated carbocycles. The molecule has 0 bridgehead atoms. The van der Waals surface area contributed by atoms with Gasteiger partial charge in [0.05, 0.1) is 12.7 Å². The van der Waals surface area contributed by atoms with Crippen molar-refractivity contribution in [1.29, 1.82) is 0 Å². The number of carbonyl (C=O) groups is 1. The van der Waals surface area contributed by atoms with E-state index in [-0.39, 0.29) is 5.91 Å². The van der Waals surface area contributed by atoms with Gasteiger partial charge in [-0.2, -0.15) is 4.98 Å². The number of aromatic nitrogens is 3. The quantitative estimate of drug-likeness (QED) is 0.646. The van der Waals surface area contributed by atoms with Gasteiger partial charge in [-0.05, 0) is 50.1 Å². The highest BCUT2D eigenvalue weighted by Gasteiger charge is 2.15. The third-order valence-electron chi connectivity index (χ3n) is 4.88. The van der Waals surface area contributed by atoms with Crippen molar-refractivity contribution in [1.82, 2.24) is 15.0 Å². The summed E-state index contributed by atoms with van der Waals surface area (Å²) in [5.74, 6) is 1.76. The molecule has 1 amide bonds. The molecule has 2 aromatic heterocycles. The van der Waals surface area contributed by atoms with Crippen LogP contribution in [0.2, 0.25) is 0 Å². The van der Waals surface area contributed by atoms with Crippen molar-refractivity contribution in [2.45, 2.75) is 19.8 Å². The summed E-state index contributed by atoms with van der Waals surface area (Å²) in [5.41, 5.74) is 2.91. The fraction of sp³-hybridized carbons (Fsp3) is 0.273. The number of hydrogen-bond acceptors (Lipinski definition) is 7. The van der Waals surface area contributed by atoms with E-state index in [0.717, 1.165) is 30.3 Å². The van der Waals surface area contributed by atoms with Gasteiger partial charge in [-0.1, -0.05) is 0 Å². The highest BCUT2D eigenvalue weighted by atomic mass is 16.5. The second-order valence-electron chi connectivity index (χ2n) is 7.13. The van der Waals surface area contributed by atoms with Crippen LogP contribution in [0, 0.1) is 6.92 Å². The number of amides is 1. The Labute approximate surface area is 175 Å². The van der Waals surface area contributed by atoms with Gasteiger partial charge in [0, 0.05) is 48.5 Å². The lowest BCUT2D eigenvalue weighted by molar-refractivity contribution is 0.102. The lowest BCUT2D eigenvalue weighted by Gasteiger charge is -2.17. The Morgan fingerprint density at radius 2 is 1.77 bits per heavy atom. The number of rotatable bonds is 6. The minimum Gasteiger partial charge on any atom is -0.481 e. The summed E-state index contributed by atoms with van der Waals surface area (Å²) in [5, 5.41) is 6.10. The summed E-state index contributed by atoms with van der Waals surface area (Å²) in [7, 11) is 1.53. The molecule has 30 heavy (non-hydrogen) atoms. The van der Waals surface area contributed by atoms with Crippen molar-refractivity contribution < 1.29 is 9.53 Å². The molecular formula is C22H24N6O2. The van der Waals surface area contributed by atoms with Crippen LogP contribution in [0.4, 0.5) is 23.1 Å². The van der Waals surface area contributed by atoms with Crippen molar-refractivity contribution in [3.05, 3.63) is 59.9 Å². The SMILES string of the molecule is COc1ccc(C(=O)Nc2ccc(Nc3nc(C)cc(N4CCCC4)n3)cc2)cn1. The van der Waals surface area contributed by atoms with Gasteiger partial charge in [-0.15, -0.1) is 0 Å². The Balaban J connectivity index is 1.41.